The maximum absolute atomic E-state index is 14.0. The predicted octanol–water partition coefficient (Wildman–Crippen LogP) is 1.81. The molecule has 1 amide bonds. The van der Waals surface area contributed by atoms with E-state index in [0.717, 1.165) is 0 Å². The number of carbonyl (C=O) groups is 3. The van der Waals surface area contributed by atoms with E-state index in [4.69, 9.17) is 5.73 Å². The van der Waals surface area contributed by atoms with Crippen molar-refractivity contribution >= 4 is 35.4 Å². The Morgan fingerprint density at radius 1 is 1.05 bits per heavy atom. The monoisotopic (exact) mass is 564 g/mol. The summed E-state index contributed by atoms with van der Waals surface area (Å²) in [5.41, 5.74) is 2.09. The molecule has 0 aliphatic heterocycles. The number of aliphatic hydroxyl groups excluding tert-OH is 3. The lowest BCUT2D eigenvalue weighted by molar-refractivity contribution is -0.169. The number of Topliss-reactive ketones (excluding diaryl/α,β-unsaturated/α-hetero) is 2. The van der Waals surface area contributed by atoms with Gasteiger partial charge in [-0.1, -0.05) is 43.3 Å². The number of benzene rings is 2. The molecule has 6 unspecified atom stereocenters. The summed E-state index contributed by atoms with van der Waals surface area (Å²) in [6.45, 7) is 1.66. The van der Waals surface area contributed by atoms with E-state index in [-0.39, 0.29) is 11.1 Å². The number of likely N-dealkylation sites (N-methyl/N-ethyl adjacent to an activating group) is 1. The summed E-state index contributed by atoms with van der Waals surface area (Å²) in [7, 11) is 2.89. The van der Waals surface area contributed by atoms with Crippen LogP contribution in [0.4, 0.5) is 4.39 Å². The molecule has 5 rings (SSSR count). The van der Waals surface area contributed by atoms with Crippen molar-refractivity contribution in [3.63, 3.8) is 0 Å². The van der Waals surface area contributed by atoms with E-state index in [1.54, 1.807) is 25.1 Å². The van der Waals surface area contributed by atoms with E-state index in [2.05, 4.69) is 0 Å². The van der Waals surface area contributed by atoms with Gasteiger partial charge in [-0.15, -0.1) is 0 Å². The lowest BCUT2D eigenvalue weighted by atomic mass is 9.54. The minimum Gasteiger partial charge on any atom is -0.508 e. The summed E-state index contributed by atoms with van der Waals surface area (Å²) in [6.07, 6.45) is 1.48. The van der Waals surface area contributed by atoms with Crippen LogP contribution < -0.4 is 5.73 Å². The number of hydrogen-bond acceptors (Lipinski definition) is 9. The van der Waals surface area contributed by atoms with Gasteiger partial charge in [0.15, 0.2) is 11.4 Å². The Morgan fingerprint density at radius 3 is 2.27 bits per heavy atom. The molecule has 3 aliphatic rings. The summed E-state index contributed by atoms with van der Waals surface area (Å²) in [5.74, 6) is -9.84. The second-order valence-corrected chi connectivity index (χ2v) is 10.9. The minimum absolute atomic E-state index is 0.109. The number of phenolic OH excluding ortho intramolecular Hbond substituents is 1. The fourth-order valence-corrected chi connectivity index (χ4v) is 6.53. The number of rotatable bonds is 4. The summed E-state index contributed by atoms with van der Waals surface area (Å²) >= 11 is 0. The van der Waals surface area contributed by atoms with Crippen molar-refractivity contribution in [2.75, 3.05) is 14.1 Å². The number of carbonyl (C=O) groups excluding carboxylic acids is 3. The van der Waals surface area contributed by atoms with Gasteiger partial charge < -0.3 is 31.3 Å². The standard InChI is InChI=1S/C30H29FN2O8/c1-12-16-11-8-14(7-4-13-5-9-15(31)10-6-13)23(34)18(16)24(35)19-17(12)25(36)21-22(33(2)3)26(37)20(29(32)40)28(39)30(21,41)27(19)38/h4-12,17,21-22,25,34-36,39,41H,1-3H3,(H2,32,40)/b7-4+. The number of aliphatic hydroxyl groups is 4. The van der Waals surface area contributed by atoms with Gasteiger partial charge in [0.2, 0.25) is 5.78 Å². The van der Waals surface area contributed by atoms with Gasteiger partial charge in [0.05, 0.1) is 23.6 Å². The maximum atomic E-state index is 14.0. The smallest absolute Gasteiger partial charge is 0.255 e. The molecule has 7 N–H and O–H groups in total. The number of halogens is 1. The molecular formula is C30H29FN2O8. The fourth-order valence-electron chi connectivity index (χ4n) is 6.53. The van der Waals surface area contributed by atoms with Gasteiger partial charge in [-0.25, -0.2) is 4.39 Å². The second kappa shape index (κ2) is 9.65. The topological polar surface area (TPSA) is 182 Å². The molecule has 2 aromatic carbocycles. The summed E-state index contributed by atoms with van der Waals surface area (Å²) in [4.78, 5) is 40.7. The van der Waals surface area contributed by atoms with Crippen molar-refractivity contribution < 1.29 is 44.3 Å². The molecule has 2 aromatic rings. The van der Waals surface area contributed by atoms with Gasteiger partial charge in [0.25, 0.3) is 5.91 Å². The largest absolute Gasteiger partial charge is 0.508 e. The van der Waals surface area contributed by atoms with Gasteiger partial charge in [-0.3, -0.25) is 19.3 Å². The van der Waals surface area contributed by atoms with Crippen molar-refractivity contribution in [2.45, 2.75) is 30.6 Å². The molecule has 11 heteroatoms. The van der Waals surface area contributed by atoms with E-state index < -0.39 is 87.2 Å². The molecule has 0 radical (unpaired) electrons. The number of hydrogen-bond donors (Lipinski definition) is 6. The molecule has 0 spiro atoms. The molecule has 214 valence electrons. The molecule has 10 nitrogen and oxygen atoms in total. The number of nitrogens with two attached hydrogens (primary N) is 1. The van der Waals surface area contributed by atoms with Crippen LogP contribution in [0.15, 0.2) is 53.3 Å². The van der Waals surface area contributed by atoms with Gasteiger partial charge >= 0.3 is 0 Å². The lowest BCUT2D eigenvalue weighted by Gasteiger charge is -2.53. The first-order valence-corrected chi connectivity index (χ1v) is 12.9. The molecule has 3 aliphatic carbocycles. The van der Waals surface area contributed by atoms with Crippen LogP contribution in [-0.4, -0.2) is 79.7 Å². The third-order valence-corrected chi connectivity index (χ3v) is 8.49. The minimum atomic E-state index is -2.97. The lowest BCUT2D eigenvalue weighted by Crippen LogP contribution is -2.70. The number of ketones is 2. The quantitative estimate of drug-likeness (QED) is 0.238. The van der Waals surface area contributed by atoms with Crippen LogP contribution in [0.1, 0.15) is 35.1 Å². The number of amides is 1. The first-order valence-electron chi connectivity index (χ1n) is 12.9. The average Bonchev–Trinajstić information content (AvgIpc) is 2.90. The Bertz CT molecular complexity index is 1590. The highest BCUT2D eigenvalue weighted by Gasteiger charge is 2.68. The highest BCUT2D eigenvalue weighted by Crippen LogP contribution is 2.56. The van der Waals surface area contributed by atoms with Crippen molar-refractivity contribution in [2.24, 2.45) is 17.6 Å². The number of aromatic hydroxyl groups is 1. The van der Waals surface area contributed by atoms with Crippen molar-refractivity contribution in [1.29, 1.82) is 0 Å². The Kier molecular flexibility index (Phi) is 6.64. The van der Waals surface area contributed by atoms with E-state index in [0.29, 0.717) is 11.1 Å². The molecule has 1 saturated carbocycles. The molecule has 6 atom stereocenters. The van der Waals surface area contributed by atoms with Crippen molar-refractivity contribution in [3.8, 4) is 5.75 Å². The van der Waals surface area contributed by atoms with Crippen LogP contribution >= 0.6 is 0 Å². The summed E-state index contributed by atoms with van der Waals surface area (Å²) in [5, 5.41) is 57.0. The van der Waals surface area contributed by atoms with Gasteiger partial charge in [-0.05, 0) is 43.3 Å². The zero-order valence-corrected chi connectivity index (χ0v) is 22.4. The van der Waals surface area contributed by atoms with Crippen LogP contribution in [0.25, 0.3) is 17.9 Å². The van der Waals surface area contributed by atoms with Crippen molar-refractivity contribution in [1.82, 2.24) is 4.90 Å². The van der Waals surface area contributed by atoms with Crippen LogP contribution in [-0.2, 0) is 14.4 Å². The third kappa shape index (κ3) is 3.91. The Balaban J connectivity index is 1.70. The molecular weight excluding hydrogens is 535 g/mol. The molecule has 0 aromatic heterocycles. The highest BCUT2D eigenvalue weighted by molar-refractivity contribution is 6.24. The zero-order valence-electron chi connectivity index (χ0n) is 22.4. The summed E-state index contributed by atoms with van der Waals surface area (Å²) < 4.78 is 13.3. The third-order valence-electron chi connectivity index (χ3n) is 8.49. The normalized spacial score (nSPS) is 29.6. The molecule has 0 heterocycles. The van der Waals surface area contributed by atoms with E-state index in [1.807, 2.05) is 0 Å². The van der Waals surface area contributed by atoms with Gasteiger partial charge in [0, 0.05) is 17.1 Å². The number of nitrogens with zero attached hydrogens (tertiary/aromatic N) is 1. The van der Waals surface area contributed by atoms with Gasteiger partial charge in [-0.2, -0.15) is 0 Å². The fraction of sp³-hybridized carbons (Fsp3) is 0.300. The average molecular weight is 565 g/mol. The van der Waals surface area contributed by atoms with Crippen LogP contribution in [0.5, 0.6) is 5.75 Å². The highest BCUT2D eigenvalue weighted by atomic mass is 19.1. The Morgan fingerprint density at radius 2 is 1.68 bits per heavy atom. The maximum Gasteiger partial charge on any atom is 0.255 e. The number of primary amides is 1. The van der Waals surface area contributed by atoms with Crippen LogP contribution in [0, 0.1) is 17.7 Å². The van der Waals surface area contributed by atoms with Gasteiger partial charge in [0.1, 0.15) is 28.7 Å². The number of phenols is 1. The molecule has 41 heavy (non-hydrogen) atoms. The van der Waals surface area contributed by atoms with Crippen molar-refractivity contribution in [3.05, 3.63) is 81.4 Å². The van der Waals surface area contributed by atoms with E-state index in [1.165, 1.54) is 49.3 Å². The van der Waals surface area contributed by atoms with E-state index in [9.17, 15) is 44.3 Å². The molecule has 1 fully saturated rings. The second-order valence-electron chi connectivity index (χ2n) is 10.9. The Hall–Kier alpha value is -4.32. The zero-order chi connectivity index (χ0) is 30.1. The van der Waals surface area contributed by atoms with Crippen LogP contribution in [0.2, 0.25) is 0 Å². The first-order chi connectivity index (χ1) is 19.2. The SMILES string of the molecule is CC1c2ccc(/C=C/c3ccc(F)cc3)c(O)c2C(O)=C2C(=O)C3(O)C(O)=C(C(N)=O)C(=O)C(N(C)C)C3C(O)C21. The Labute approximate surface area is 234 Å². The first kappa shape index (κ1) is 28.2. The summed E-state index contributed by atoms with van der Waals surface area (Å²) in [6, 6.07) is 7.39. The predicted molar refractivity (Wildman–Crippen MR) is 146 cm³/mol. The number of fused-ring (bicyclic) bond motifs is 3. The molecule has 0 bridgehead atoms. The van der Waals surface area contributed by atoms with Crippen LogP contribution in [0.3, 0.4) is 0 Å². The van der Waals surface area contributed by atoms with E-state index >= 15 is 0 Å². The molecule has 0 saturated heterocycles.